The van der Waals surface area contributed by atoms with Gasteiger partial charge in [-0.1, -0.05) is 34.6 Å². The summed E-state index contributed by atoms with van der Waals surface area (Å²) < 4.78 is 25.4. The Balaban J connectivity index is 1.15. The Kier molecular flexibility index (Phi) is 7.55. The first-order valence-corrected chi connectivity index (χ1v) is 18.1. The fourth-order valence-corrected chi connectivity index (χ4v) is 13.6. The minimum absolute atomic E-state index is 0.0418. The van der Waals surface area contributed by atoms with Gasteiger partial charge in [-0.3, -0.25) is 9.69 Å². The molecule has 0 aromatic rings. The van der Waals surface area contributed by atoms with Crippen LogP contribution in [0.2, 0.25) is 0 Å². The molecule has 2 aliphatic heterocycles. The van der Waals surface area contributed by atoms with Gasteiger partial charge in [0.05, 0.1) is 36.6 Å². The Hall–Kier alpha value is -0.770. The lowest BCUT2D eigenvalue weighted by atomic mass is 9.41. The number of hydrogen-bond acceptors (Lipinski definition) is 8. The van der Waals surface area contributed by atoms with E-state index in [0.717, 1.165) is 39.0 Å². The zero-order valence-corrected chi connectivity index (χ0v) is 29.4. The van der Waals surface area contributed by atoms with Crippen LogP contribution in [-0.2, 0) is 23.7 Å². The molecular weight excluding hydrogens is 570 g/mol. The van der Waals surface area contributed by atoms with Crippen molar-refractivity contribution < 1.29 is 34.0 Å². The molecule has 2 spiro atoms. The maximum absolute atomic E-state index is 12.5. The number of aliphatic hydroxyl groups excluding tert-OH is 1. The number of fused-ring (bicyclic) bond motifs is 4. The van der Waals surface area contributed by atoms with Crippen LogP contribution in [0.5, 0.6) is 0 Å². The molecule has 0 aromatic heterocycles. The molecule has 5 aliphatic carbocycles. The zero-order valence-electron chi connectivity index (χ0n) is 29.4. The van der Waals surface area contributed by atoms with Crippen molar-refractivity contribution in [2.75, 3.05) is 26.7 Å². The summed E-state index contributed by atoms with van der Waals surface area (Å²) in [5.74, 6) is 1.16. The molecule has 5 saturated carbocycles. The standard InChI is InChI=1S/C37H61NO7/c1-21-18-23(31(33(5,6)41)43-22(2)39)44-29-28(21)34(7)14-15-37-20-36(37)13-12-26(45-27-19-38(9)16-17-42-27)32(3,4)24(36)10-11-25(37)35(34,8)30(29)40/h21,23-31,40-41H,10-20H2,1-9H3/t21-,23?,24+,25?,26?,27+,28+,29?,30+,31+,34-,35-,36-,37+/m1/s1. The number of likely N-dealkylation sites (N-methyl/N-ethyl adjacent to an activating group) is 1. The molecule has 7 rings (SSSR count). The van der Waals surface area contributed by atoms with Gasteiger partial charge in [-0.2, -0.15) is 0 Å². The number of aliphatic hydroxyl groups is 2. The smallest absolute Gasteiger partial charge is 0.303 e. The molecule has 14 atom stereocenters. The highest BCUT2D eigenvalue weighted by atomic mass is 16.7. The van der Waals surface area contributed by atoms with Gasteiger partial charge in [-0.05, 0) is 118 Å². The highest BCUT2D eigenvalue weighted by Crippen LogP contribution is 2.89. The number of carbonyl (C=O) groups excluding carboxylic acids is 1. The number of morpholine rings is 1. The van der Waals surface area contributed by atoms with Crippen LogP contribution in [0.25, 0.3) is 0 Å². The minimum atomic E-state index is -1.25. The molecule has 2 N–H and O–H groups in total. The second-order valence-electron chi connectivity index (χ2n) is 18.4. The average Bonchev–Trinajstić information content (AvgIpc) is 3.57. The first-order valence-electron chi connectivity index (χ1n) is 18.1. The zero-order chi connectivity index (χ0) is 32.5. The topological polar surface area (TPSA) is 97.7 Å². The van der Waals surface area contributed by atoms with Gasteiger partial charge in [-0.25, -0.2) is 0 Å². The summed E-state index contributed by atoms with van der Waals surface area (Å²) in [4.78, 5) is 14.4. The van der Waals surface area contributed by atoms with Crippen molar-refractivity contribution in [3.8, 4) is 0 Å². The van der Waals surface area contributed by atoms with Crippen molar-refractivity contribution in [1.82, 2.24) is 4.90 Å². The van der Waals surface area contributed by atoms with E-state index in [2.05, 4.69) is 46.6 Å². The molecule has 0 aromatic carbocycles. The average molecular weight is 632 g/mol. The van der Waals surface area contributed by atoms with Crippen molar-refractivity contribution in [2.24, 2.45) is 50.7 Å². The quantitative estimate of drug-likeness (QED) is 0.401. The summed E-state index contributed by atoms with van der Waals surface area (Å²) in [7, 11) is 2.15. The van der Waals surface area contributed by atoms with Crippen LogP contribution < -0.4 is 0 Å². The SMILES string of the molecule is CC(=O)O[C@@H](C1C[C@@H](C)[C@H]2C(O1)[C@H](O)[C@@]1(C)C3CC[C@H]4C(C)(C)C(O[C@H]5CN(C)CCO5)CC[C@@]45C[C@@]35CC[C@]21C)C(C)(C)O. The van der Waals surface area contributed by atoms with Crippen molar-refractivity contribution in [2.45, 2.75) is 149 Å². The van der Waals surface area contributed by atoms with Gasteiger partial charge < -0.3 is 29.2 Å². The van der Waals surface area contributed by atoms with Crippen LogP contribution in [0.4, 0.5) is 0 Å². The van der Waals surface area contributed by atoms with Crippen LogP contribution in [0.3, 0.4) is 0 Å². The third-order valence-electron chi connectivity index (χ3n) is 15.6. The monoisotopic (exact) mass is 631 g/mol. The highest BCUT2D eigenvalue weighted by molar-refractivity contribution is 5.66. The molecule has 2 heterocycles. The van der Waals surface area contributed by atoms with Crippen molar-refractivity contribution >= 4 is 5.97 Å². The molecule has 45 heavy (non-hydrogen) atoms. The summed E-state index contributed by atoms with van der Waals surface area (Å²) in [5.41, 5.74) is -0.869. The van der Waals surface area contributed by atoms with Gasteiger partial charge in [0.2, 0.25) is 0 Å². The Morgan fingerprint density at radius 2 is 1.73 bits per heavy atom. The Bertz CT molecular complexity index is 1190. The van der Waals surface area contributed by atoms with E-state index in [-0.39, 0.29) is 52.0 Å². The fourth-order valence-electron chi connectivity index (χ4n) is 13.6. The lowest BCUT2D eigenvalue weighted by Crippen LogP contribution is -2.60. The van der Waals surface area contributed by atoms with E-state index in [0.29, 0.717) is 23.7 Å². The van der Waals surface area contributed by atoms with Gasteiger partial charge in [0.25, 0.3) is 0 Å². The second kappa shape index (κ2) is 10.4. The van der Waals surface area contributed by atoms with E-state index in [1.807, 2.05) is 0 Å². The molecule has 7 aliphatic rings. The summed E-state index contributed by atoms with van der Waals surface area (Å²) in [6.45, 7) is 19.4. The Morgan fingerprint density at radius 3 is 2.40 bits per heavy atom. The Labute approximate surface area is 271 Å². The molecule has 8 heteroatoms. The van der Waals surface area contributed by atoms with Gasteiger partial charge >= 0.3 is 5.97 Å². The predicted molar refractivity (Wildman–Crippen MR) is 170 cm³/mol. The van der Waals surface area contributed by atoms with E-state index in [1.54, 1.807) is 13.8 Å². The lowest BCUT2D eigenvalue weighted by molar-refractivity contribution is -0.247. The van der Waals surface area contributed by atoms with Gasteiger partial charge in [0.15, 0.2) is 12.4 Å². The summed E-state index contributed by atoms with van der Waals surface area (Å²) in [5, 5.41) is 23.5. The second-order valence-corrected chi connectivity index (χ2v) is 18.4. The molecule has 8 nitrogen and oxygen atoms in total. The van der Waals surface area contributed by atoms with E-state index < -0.39 is 29.9 Å². The van der Waals surface area contributed by atoms with Crippen LogP contribution >= 0.6 is 0 Å². The molecule has 256 valence electrons. The molecule has 0 bridgehead atoms. The van der Waals surface area contributed by atoms with Gasteiger partial charge in [-0.15, -0.1) is 0 Å². The van der Waals surface area contributed by atoms with Gasteiger partial charge in [0.1, 0.15) is 0 Å². The van der Waals surface area contributed by atoms with E-state index in [4.69, 9.17) is 18.9 Å². The number of nitrogens with zero attached hydrogens (tertiary/aromatic N) is 1. The minimum Gasteiger partial charge on any atom is -0.457 e. The summed E-state index contributed by atoms with van der Waals surface area (Å²) >= 11 is 0. The molecular formula is C37H61NO7. The molecule has 0 radical (unpaired) electrons. The number of hydrogen-bond donors (Lipinski definition) is 2. The van der Waals surface area contributed by atoms with E-state index in [9.17, 15) is 15.0 Å². The fraction of sp³-hybridized carbons (Fsp3) is 0.973. The van der Waals surface area contributed by atoms with E-state index in [1.165, 1.54) is 32.6 Å². The number of ether oxygens (including phenoxy) is 4. The largest absolute Gasteiger partial charge is 0.457 e. The van der Waals surface area contributed by atoms with Crippen LogP contribution in [-0.4, -0.2) is 90.2 Å². The van der Waals surface area contributed by atoms with Crippen LogP contribution in [0.15, 0.2) is 0 Å². The third-order valence-corrected chi connectivity index (χ3v) is 15.6. The first-order chi connectivity index (χ1) is 20.9. The maximum Gasteiger partial charge on any atom is 0.303 e. The van der Waals surface area contributed by atoms with Crippen molar-refractivity contribution in [3.63, 3.8) is 0 Å². The first kappa shape index (κ1) is 32.8. The maximum atomic E-state index is 12.5. The summed E-state index contributed by atoms with van der Waals surface area (Å²) in [6, 6.07) is 0. The highest BCUT2D eigenvalue weighted by Gasteiger charge is 2.84. The summed E-state index contributed by atoms with van der Waals surface area (Å²) in [6.07, 6.45) is 6.89. The third kappa shape index (κ3) is 4.40. The molecule has 4 unspecified atom stereocenters. The van der Waals surface area contributed by atoms with E-state index >= 15 is 0 Å². The van der Waals surface area contributed by atoms with Crippen molar-refractivity contribution in [1.29, 1.82) is 0 Å². The van der Waals surface area contributed by atoms with Gasteiger partial charge in [0, 0.05) is 25.4 Å². The van der Waals surface area contributed by atoms with Crippen LogP contribution in [0.1, 0.15) is 107 Å². The molecule has 2 saturated heterocycles. The van der Waals surface area contributed by atoms with Crippen LogP contribution in [0, 0.1) is 50.7 Å². The lowest BCUT2D eigenvalue weighted by Gasteiger charge is -2.64. The Morgan fingerprint density at radius 1 is 1.04 bits per heavy atom. The number of carbonyl (C=O) groups is 1. The number of rotatable bonds is 5. The normalized spacial score (nSPS) is 52.8. The van der Waals surface area contributed by atoms with Crippen molar-refractivity contribution in [3.05, 3.63) is 0 Å². The predicted octanol–water partition coefficient (Wildman–Crippen LogP) is 5.18. The molecule has 0 amide bonds. The number of esters is 1. The molecule has 7 fully saturated rings.